The van der Waals surface area contributed by atoms with Crippen LogP contribution in [0, 0.1) is 0 Å². The predicted octanol–water partition coefficient (Wildman–Crippen LogP) is 2.17. The number of piperazine rings is 1. The van der Waals surface area contributed by atoms with E-state index in [-0.39, 0.29) is 11.9 Å². The summed E-state index contributed by atoms with van der Waals surface area (Å²) < 4.78 is 1.93. The van der Waals surface area contributed by atoms with Crippen LogP contribution in [0.25, 0.3) is 11.0 Å². The molecule has 6 heteroatoms. The van der Waals surface area contributed by atoms with Crippen molar-refractivity contribution < 1.29 is 4.79 Å². The molecule has 0 bridgehead atoms. The topological polar surface area (TPSA) is 54.3 Å². The molecule has 0 spiro atoms. The van der Waals surface area contributed by atoms with Gasteiger partial charge in [0, 0.05) is 43.8 Å². The minimum Gasteiger partial charge on any atom is -0.365 e. The summed E-state index contributed by atoms with van der Waals surface area (Å²) in [4.78, 5) is 25.5. The van der Waals surface area contributed by atoms with Crippen molar-refractivity contribution in [3.05, 3.63) is 55.1 Å². The van der Waals surface area contributed by atoms with Crippen LogP contribution in [0.5, 0.6) is 0 Å². The largest absolute Gasteiger partial charge is 0.365 e. The zero-order valence-electron chi connectivity index (χ0n) is 14.2. The van der Waals surface area contributed by atoms with Gasteiger partial charge in [-0.25, -0.2) is 4.98 Å². The van der Waals surface area contributed by atoms with Crippen LogP contribution < -0.4 is 4.90 Å². The number of hydrogen-bond acceptors (Lipinski definition) is 4. The Morgan fingerprint density at radius 3 is 2.76 bits per heavy atom. The lowest BCUT2D eigenvalue weighted by molar-refractivity contribution is -0.132. The number of fused-ring (bicyclic) bond motifs is 1. The van der Waals surface area contributed by atoms with Crippen molar-refractivity contribution in [1.29, 1.82) is 0 Å². The number of rotatable bonds is 3. The molecule has 25 heavy (non-hydrogen) atoms. The molecular weight excluding hydrogens is 314 g/mol. The molecule has 1 saturated heterocycles. The van der Waals surface area contributed by atoms with E-state index >= 15 is 0 Å². The zero-order valence-corrected chi connectivity index (χ0v) is 14.2. The van der Waals surface area contributed by atoms with Gasteiger partial charge in [0.25, 0.3) is 0 Å². The lowest BCUT2D eigenvalue weighted by atomic mass is 10.1. The average molecular weight is 335 g/mol. The second-order valence-corrected chi connectivity index (χ2v) is 6.45. The first kappa shape index (κ1) is 15.6. The standard InChI is InChI=1S/C19H21N5O/c1-15-12-22(10-11-24(15)16-6-8-20-9-7-16)19(25)13-23-14-21-17-4-2-3-5-18(17)23/h2-9,14-15H,10-13H2,1H3. The maximum absolute atomic E-state index is 12.7. The third-order valence-corrected chi connectivity index (χ3v) is 4.81. The fourth-order valence-electron chi connectivity index (χ4n) is 3.49. The van der Waals surface area contributed by atoms with Crippen molar-refractivity contribution >= 4 is 22.6 Å². The number of carbonyl (C=O) groups is 1. The minimum absolute atomic E-state index is 0.143. The number of nitrogens with zero attached hydrogens (tertiary/aromatic N) is 5. The summed E-state index contributed by atoms with van der Waals surface area (Å²) in [5.74, 6) is 0.143. The molecule has 1 amide bonds. The van der Waals surface area contributed by atoms with Gasteiger partial charge < -0.3 is 14.4 Å². The number of imidazole rings is 1. The van der Waals surface area contributed by atoms with Crippen LogP contribution in [-0.4, -0.2) is 51.0 Å². The van der Waals surface area contributed by atoms with E-state index in [1.807, 2.05) is 58.3 Å². The van der Waals surface area contributed by atoms with E-state index < -0.39 is 0 Å². The predicted molar refractivity (Wildman–Crippen MR) is 97.4 cm³/mol. The lowest BCUT2D eigenvalue weighted by Gasteiger charge is -2.41. The zero-order chi connectivity index (χ0) is 17.2. The SMILES string of the molecule is CC1CN(C(=O)Cn2cnc3ccccc32)CCN1c1ccncc1. The molecule has 2 aromatic heterocycles. The number of pyridine rings is 1. The molecule has 128 valence electrons. The fourth-order valence-corrected chi connectivity index (χ4v) is 3.49. The molecule has 0 N–H and O–H groups in total. The van der Waals surface area contributed by atoms with Crippen LogP contribution in [-0.2, 0) is 11.3 Å². The highest BCUT2D eigenvalue weighted by atomic mass is 16.2. The van der Waals surface area contributed by atoms with E-state index in [0.29, 0.717) is 6.54 Å². The van der Waals surface area contributed by atoms with Gasteiger partial charge in [0.15, 0.2) is 0 Å². The number of hydrogen-bond donors (Lipinski definition) is 0. The van der Waals surface area contributed by atoms with Crippen molar-refractivity contribution in [3.8, 4) is 0 Å². The van der Waals surface area contributed by atoms with E-state index in [9.17, 15) is 4.79 Å². The summed E-state index contributed by atoms with van der Waals surface area (Å²) in [7, 11) is 0. The molecule has 0 radical (unpaired) electrons. The molecule has 3 aromatic rings. The van der Waals surface area contributed by atoms with Gasteiger partial charge in [0.2, 0.25) is 5.91 Å². The Morgan fingerprint density at radius 1 is 1.16 bits per heavy atom. The molecule has 1 aliphatic rings. The van der Waals surface area contributed by atoms with Gasteiger partial charge in [-0.2, -0.15) is 0 Å². The van der Waals surface area contributed by atoms with Crippen LogP contribution >= 0.6 is 0 Å². The van der Waals surface area contributed by atoms with Gasteiger partial charge in [-0.1, -0.05) is 12.1 Å². The van der Waals surface area contributed by atoms with Crippen LogP contribution in [0.2, 0.25) is 0 Å². The Bertz CT molecular complexity index is 876. The maximum atomic E-state index is 12.7. The molecule has 1 atom stereocenters. The van der Waals surface area contributed by atoms with Crippen molar-refractivity contribution in [2.45, 2.75) is 19.5 Å². The molecule has 1 aromatic carbocycles. The van der Waals surface area contributed by atoms with Crippen molar-refractivity contribution in [2.24, 2.45) is 0 Å². The Hall–Kier alpha value is -2.89. The average Bonchev–Trinajstić information content (AvgIpc) is 3.05. The van der Waals surface area contributed by atoms with E-state index in [4.69, 9.17) is 0 Å². The van der Waals surface area contributed by atoms with Crippen molar-refractivity contribution in [2.75, 3.05) is 24.5 Å². The summed E-state index contributed by atoms with van der Waals surface area (Å²) in [6, 6.07) is 12.2. The second-order valence-electron chi connectivity index (χ2n) is 6.45. The molecule has 0 aliphatic carbocycles. The summed E-state index contributed by atoms with van der Waals surface area (Å²) >= 11 is 0. The van der Waals surface area contributed by atoms with Gasteiger partial charge >= 0.3 is 0 Å². The van der Waals surface area contributed by atoms with Crippen LogP contribution in [0.4, 0.5) is 5.69 Å². The Labute approximate surface area is 146 Å². The molecule has 1 aliphatic heterocycles. The smallest absolute Gasteiger partial charge is 0.242 e. The summed E-state index contributed by atoms with van der Waals surface area (Å²) in [6.07, 6.45) is 5.37. The number of anilines is 1. The molecular formula is C19H21N5O. The van der Waals surface area contributed by atoms with Crippen LogP contribution in [0.3, 0.4) is 0 Å². The third-order valence-electron chi connectivity index (χ3n) is 4.81. The highest BCUT2D eigenvalue weighted by Gasteiger charge is 2.27. The highest BCUT2D eigenvalue weighted by molar-refractivity contribution is 5.80. The number of amides is 1. The van der Waals surface area contributed by atoms with Gasteiger partial charge in [-0.3, -0.25) is 9.78 Å². The fraction of sp³-hybridized carbons (Fsp3) is 0.316. The van der Waals surface area contributed by atoms with Gasteiger partial charge in [-0.05, 0) is 31.2 Å². The van der Waals surface area contributed by atoms with Crippen molar-refractivity contribution in [3.63, 3.8) is 0 Å². The van der Waals surface area contributed by atoms with Gasteiger partial charge in [0.05, 0.1) is 17.4 Å². The highest BCUT2D eigenvalue weighted by Crippen LogP contribution is 2.20. The number of benzene rings is 1. The first-order chi connectivity index (χ1) is 12.2. The normalized spacial score (nSPS) is 17.9. The molecule has 0 saturated carbocycles. The maximum Gasteiger partial charge on any atom is 0.242 e. The minimum atomic E-state index is 0.143. The summed E-state index contributed by atoms with van der Waals surface area (Å²) in [5, 5.41) is 0. The molecule has 3 heterocycles. The van der Waals surface area contributed by atoms with E-state index in [1.165, 1.54) is 0 Å². The van der Waals surface area contributed by atoms with E-state index in [2.05, 4.69) is 21.8 Å². The molecule has 1 unspecified atom stereocenters. The van der Waals surface area contributed by atoms with Gasteiger partial charge in [0.1, 0.15) is 6.54 Å². The Balaban J connectivity index is 1.44. The quantitative estimate of drug-likeness (QED) is 0.736. The van der Waals surface area contributed by atoms with Crippen LogP contribution in [0.15, 0.2) is 55.1 Å². The number of carbonyl (C=O) groups excluding carboxylic acids is 1. The van der Waals surface area contributed by atoms with Gasteiger partial charge in [-0.15, -0.1) is 0 Å². The van der Waals surface area contributed by atoms with Crippen molar-refractivity contribution in [1.82, 2.24) is 19.4 Å². The molecule has 4 rings (SSSR count). The van der Waals surface area contributed by atoms with Crippen LogP contribution in [0.1, 0.15) is 6.92 Å². The summed E-state index contributed by atoms with van der Waals surface area (Å²) in [6.45, 7) is 4.79. The number of para-hydroxylation sites is 2. The van der Waals surface area contributed by atoms with E-state index in [0.717, 1.165) is 36.4 Å². The number of aromatic nitrogens is 3. The third kappa shape index (κ3) is 3.07. The first-order valence-electron chi connectivity index (χ1n) is 8.56. The summed E-state index contributed by atoms with van der Waals surface area (Å²) in [5.41, 5.74) is 3.08. The van der Waals surface area contributed by atoms with E-state index in [1.54, 1.807) is 6.33 Å². The second kappa shape index (κ2) is 6.55. The molecule has 6 nitrogen and oxygen atoms in total. The Kier molecular flexibility index (Phi) is 4.09. The lowest BCUT2D eigenvalue weighted by Crippen LogP contribution is -2.54. The molecule has 1 fully saturated rings. The first-order valence-corrected chi connectivity index (χ1v) is 8.56. The Morgan fingerprint density at radius 2 is 1.96 bits per heavy atom. The monoisotopic (exact) mass is 335 g/mol.